The van der Waals surface area contributed by atoms with Gasteiger partial charge in [-0.15, -0.1) is 0 Å². The van der Waals surface area contributed by atoms with Crippen molar-refractivity contribution < 1.29 is 9.63 Å². The van der Waals surface area contributed by atoms with Crippen molar-refractivity contribution in [2.75, 3.05) is 14.2 Å². The zero-order valence-corrected chi connectivity index (χ0v) is 17.3. The molecule has 0 saturated carbocycles. The molecule has 5 nitrogen and oxygen atoms in total. The van der Waals surface area contributed by atoms with E-state index in [-0.39, 0.29) is 17.7 Å². The molecule has 0 heterocycles. The zero-order chi connectivity index (χ0) is 20.5. The lowest BCUT2D eigenvalue weighted by atomic mass is 10.0. The van der Waals surface area contributed by atoms with Crippen LogP contribution in [0.15, 0.2) is 58.7 Å². The highest BCUT2D eigenvalue weighted by molar-refractivity contribution is 6.46. The molecule has 2 aromatic carbocycles. The van der Waals surface area contributed by atoms with Crippen LogP contribution >= 0.6 is 23.2 Å². The number of carbonyl (C=O) groups excluding carboxylic acids is 1. The number of oxime groups is 1. The van der Waals surface area contributed by atoms with Gasteiger partial charge in [-0.25, -0.2) is 0 Å². The molecule has 2 aromatic rings. The lowest BCUT2D eigenvalue weighted by molar-refractivity contribution is -0.114. The normalized spacial score (nSPS) is 13.1. The minimum absolute atomic E-state index is 0.136. The second-order valence-electron chi connectivity index (χ2n) is 5.80. The molecular formula is C21H21Cl2N3O2. The van der Waals surface area contributed by atoms with Crippen LogP contribution < -0.4 is 5.32 Å². The second kappa shape index (κ2) is 10.6. The molecule has 1 unspecified atom stereocenters. The Bertz CT molecular complexity index is 903. The molecule has 0 aromatic heterocycles. The van der Waals surface area contributed by atoms with E-state index in [9.17, 15) is 4.79 Å². The largest absolute Gasteiger partial charge is 0.398 e. The average molecular weight is 418 g/mol. The van der Waals surface area contributed by atoms with Gasteiger partial charge in [-0.2, -0.15) is 0 Å². The van der Waals surface area contributed by atoms with Gasteiger partial charge in [0.2, 0.25) is 0 Å². The number of amides is 1. The Morgan fingerprint density at radius 3 is 2.46 bits per heavy atom. The molecule has 0 aliphatic heterocycles. The fourth-order valence-corrected chi connectivity index (χ4v) is 2.92. The summed E-state index contributed by atoms with van der Waals surface area (Å²) < 4.78 is 0. The van der Waals surface area contributed by atoms with Crippen LogP contribution in [0, 0.1) is 0 Å². The van der Waals surface area contributed by atoms with Crippen molar-refractivity contribution in [1.82, 2.24) is 5.32 Å². The Morgan fingerprint density at radius 1 is 1.14 bits per heavy atom. The van der Waals surface area contributed by atoms with E-state index in [0.717, 1.165) is 11.1 Å². The second-order valence-corrected chi connectivity index (χ2v) is 6.62. The topological polar surface area (TPSA) is 63.0 Å². The van der Waals surface area contributed by atoms with E-state index in [1.807, 2.05) is 37.3 Å². The smallest absolute Gasteiger partial charge is 0.273 e. The van der Waals surface area contributed by atoms with Crippen molar-refractivity contribution in [3.8, 4) is 0 Å². The summed E-state index contributed by atoms with van der Waals surface area (Å²) in [6.45, 7) is 1.93. The molecule has 2 rings (SSSR count). The zero-order valence-electron chi connectivity index (χ0n) is 15.8. The van der Waals surface area contributed by atoms with Crippen LogP contribution in [0.25, 0.3) is 6.08 Å². The molecular weight excluding hydrogens is 397 g/mol. The van der Waals surface area contributed by atoms with Crippen LogP contribution in [0.2, 0.25) is 10.0 Å². The number of halogens is 2. The minimum Gasteiger partial charge on any atom is -0.398 e. The molecule has 1 N–H and O–H groups in total. The van der Waals surface area contributed by atoms with E-state index in [2.05, 4.69) is 15.5 Å². The van der Waals surface area contributed by atoms with E-state index < -0.39 is 0 Å². The summed E-state index contributed by atoms with van der Waals surface area (Å²) in [5.41, 5.74) is 2.30. The predicted molar refractivity (Wildman–Crippen MR) is 117 cm³/mol. The van der Waals surface area contributed by atoms with E-state index in [1.54, 1.807) is 30.5 Å². The van der Waals surface area contributed by atoms with Gasteiger partial charge in [-0.3, -0.25) is 9.79 Å². The number of hydrogen-bond donors (Lipinski definition) is 1. The first-order valence-electron chi connectivity index (χ1n) is 8.56. The van der Waals surface area contributed by atoms with E-state index in [1.165, 1.54) is 14.2 Å². The Kier molecular flexibility index (Phi) is 8.23. The third-order valence-corrected chi connectivity index (χ3v) is 4.49. The monoisotopic (exact) mass is 417 g/mol. The molecule has 1 atom stereocenters. The number of carbonyl (C=O) groups is 1. The summed E-state index contributed by atoms with van der Waals surface area (Å²) in [5.74, 6) is -0.344. The first-order chi connectivity index (χ1) is 13.5. The van der Waals surface area contributed by atoms with Gasteiger partial charge >= 0.3 is 0 Å². The van der Waals surface area contributed by atoms with Gasteiger partial charge < -0.3 is 10.2 Å². The maximum atomic E-state index is 12.1. The molecule has 1 amide bonds. The van der Waals surface area contributed by atoms with Gasteiger partial charge in [0.05, 0.1) is 6.04 Å². The summed E-state index contributed by atoms with van der Waals surface area (Å²) in [7, 11) is 2.93. The molecule has 146 valence electrons. The van der Waals surface area contributed by atoms with Gasteiger partial charge in [0.1, 0.15) is 7.11 Å². The highest BCUT2D eigenvalue weighted by atomic mass is 35.5. The number of aliphatic imine (C=N–C) groups is 1. The number of nitrogens with zero attached hydrogens (tertiary/aromatic N) is 2. The summed E-state index contributed by atoms with van der Waals surface area (Å²) in [5, 5.41) is 7.57. The van der Waals surface area contributed by atoms with Crippen molar-refractivity contribution >= 4 is 47.1 Å². The van der Waals surface area contributed by atoms with Crippen molar-refractivity contribution in [2.24, 2.45) is 10.1 Å². The molecule has 0 fully saturated rings. The SMILES string of the molecule is CNC(=O)C(=NOC)c1ccccc1C=NC(C)C=Cc1c(Cl)cccc1Cl. The van der Waals surface area contributed by atoms with Gasteiger partial charge in [0.25, 0.3) is 5.91 Å². The Balaban J connectivity index is 2.26. The fourth-order valence-electron chi connectivity index (χ4n) is 2.40. The predicted octanol–water partition coefficient (Wildman–Crippen LogP) is 4.61. The van der Waals surface area contributed by atoms with E-state index in [0.29, 0.717) is 15.6 Å². The molecule has 7 heteroatoms. The van der Waals surface area contributed by atoms with Crippen molar-refractivity contribution in [3.05, 3.63) is 75.3 Å². The van der Waals surface area contributed by atoms with Crippen LogP contribution in [0.5, 0.6) is 0 Å². The first-order valence-corrected chi connectivity index (χ1v) is 9.31. The van der Waals surface area contributed by atoms with E-state index in [4.69, 9.17) is 28.0 Å². The fraction of sp³-hybridized carbons (Fsp3) is 0.190. The number of hydrogen-bond acceptors (Lipinski definition) is 4. The maximum Gasteiger partial charge on any atom is 0.273 e. The van der Waals surface area contributed by atoms with Crippen molar-refractivity contribution in [2.45, 2.75) is 13.0 Å². The van der Waals surface area contributed by atoms with Crippen molar-refractivity contribution in [3.63, 3.8) is 0 Å². The van der Waals surface area contributed by atoms with Crippen LogP contribution in [-0.2, 0) is 9.63 Å². The number of nitrogens with one attached hydrogen (secondary N) is 1. The van der Waals surface area contributed by atoms with Crippen LogP contribution in [-0.4, -0.2) is 38.0 Å². The molecule has 0 radical (unpaired) electrons. The standard InChI is InChI=1S/C21H21Cl2N3O2/c1-14(11-12-17-18(22)9-6-10-19(17)23)25-13-15-7-4-5-8-16(15)20(26-28-3)21(27)24-2/h4-14H,1-3H3,(H,24,27). The van der Waals surface area contributed by atoms with Crippen LogP contribution in [0.4, 0.5) is 0 Å². The highest BCUT2D eigenvalue weighted by Crippen LogP contribution is 2.25. The summed E-state index contributed by atoms with van der Waals surface area (Å²) in [4.78, 5) is 21.5. The minimum atomic E-state index is -0.344. The quantitative estimate of drug-likeness (QED) is 0.527. The Hall–Kier alpha value is -2.63. The average Bonchev–Trinajstić information content (AvgIpc) is 2.70. The summed E-state index contributed by atoms with van der Waals surface area (Å²) in [6, 6.07) is 12.6. The van der Waals surface area contributed by atoms with Gasteiger partial charge in [0, 0.05) is 40.0 Å². The molecule has 0 spiro atoms. The Morgan fingerprint density at radius 2 is 1.82 bits per heavy atom. The Labute approximate surface area is 174 Å². The molecule has 28 heavy (non-hydrogen) atoms. The number of benzene rings is 2. The first kappa shape index (κ1) is 21.7. The lowest BCUT2D eigenvalue weighted by Gasteiger charge is -2.08. The highest BCUT2D eigenvalue weighted by Gasteiger charge is 2.16. The summed E-state index contributed by atoms with van der Waals surface area (Å²) >= 11 is 12.4. The molecule has 0 aliphatic rings. The maximum absolute atomic E-state index is 12.1. The summed E-state index contributed by atoms with van der Waals surface area (Å²) in [6.07, 6.45) is 5.45. The third kappa shape index (κ3) is 5.68. The van der Waals surface area contributed by atoms with Gasteiger partial charge in [-0.05, 0) is 19.1 Å². The number of likely N-dealkylation sites (N-methyl/N-ethyl adjacent to an activating group) is 1. The van der Waals surface area contributed by atoms with Gasteiger partial charge in [-0.1, -0.05) is 70.8 Å². The third-order valence-electron chi connectivity index (χ3n) is 3.83. The van der Waals surface area contributed by atoms with Crippen molar-refractivity contribution in [1.29, 1.82) is 0 Å². The molecule has 0 aliphatic carbocycles. The lowest BCUT2D eigenvalue weighted by Crippen LogP contribution is -2.29. The van der Waals surface area contributed by atoms with E-state index >= 15 is 0 Å². The van der Waals surface area contributed by atoms with Crippen LogP contribution in [0.3, 0.4) is 0 Å². The van der Waals surface area contributed by atoms with Crippen LogP contribution in [0.1, 0.15) is 23.6 Å². The van der Waals surface area contributed by atoms with Gasteiger partial charge in [0.15, 0.2) is 5.71 Å². The molecule has 0 saturated heterocycles. The molecule has 0 bridgehead atoms. The number of rotatable bonds is 7.